The molecule has 0 saturated carbocycles. The van der Waals surface area contributed by atoms with Crippen LogP contribution in [0.2, 0.25) is 0 Å². The molecule has 2 N–H and O–H groups in total. The molecule has 0 aromatic carbocycles. The Hall–Kier alpha value is -1.55. The predicted molar refractivity (Wildman–Crippen MR) is 53.4 cm³/mol. The highest BCUT2D eigenvalue weighted by Crippen LogP contribution is 2.03. The molecule has 2 aromatic heterocycles. The van der Waals surface area contributed by atoms with Crippen LogP contribution in [0.3, 0.4) is 0 Å². The zero-order chi connectivity index (χ0) is 9.97. The zero-order valence-corrected chi connectivity index (χ0v) is 7.73. The SMILES string of the molecule is O=c1cccc2[nH]c(CCCO)cn12. The van der Waals surface area contributed by atoms with Crippen LogP contribution in [-0.4, -0.2) is 21.1 Å². The van der Waals surface area contributed by atoms with Gasteiger partial charge in [0.25, 0.3) is 5.56 Å². The lowest BCUT2D eigenvalue weighted by Gasteiger charge is -1.91. The van der Waals surface area contributed by atoms with Gasteiger partial charge in [0, 0.05) is 24.6 Å². The van der Waals surface area contributed by atoms with Gasteiger partial charge in [0.15, 0.2) is 0 Å². The summed E-state index contributed by atoms with van der Waals surface area (Å²) in [4.78, 5) is 14.5. The van der Waals surface area contributed by atoms with E-state index in [1.807, 2.05) is 6.07 Å². The van der Waals surface area contributed by atoms with Crippen molar-refractivity contribution < 1.29 is 5.11 Å². The van der Waals surface area contributed by atoms with Crippen molar-refractivity contribution in [1.29, 1.82) is 0 Å². The quantitative estimate of drug-likeness (QED) is 0.746. The van der Waals surface area contributed by atoms with Gasteiger partial charge < -0.3 is 10.1 Å². The number of imidazole rings is 1. The Morgan fingerprint density at radius 2 is 2.29 bits per heavy atom. The number of aromatic amines is 1. The highest BCUT2D eigenvalue weighted by molar-refractivity contribution is 5.39. The smallest absolute Gasteiger partial charge is 0.256 e. The van der Waals surface area contributed by atoms with Crippen LogP contribution >= 0.6 is 0 Å². The van der Waals surface area contributed by atoms with Gasteiger partial charge in [0.2, 0.25) is 0 Å². The lowest BCUT2D eigenvalue weighted by atomic mass is 10.3. The average molecular weight is 192 g/mol. The highest BCUT2D eigenvalue weighted by atomic mass is 16.2. The molecule has 0 radical (unpaired) electrons. The number of rotatable bonds is 3. The van der Waals surface area contributed by atoms with Crippen molar-refractivity contribution in [3.63, 3.8) is 0 Å². The molecule has 0 amide bonds. The van der Waals surface area contributed by atoms with E-state index in [4.69, 9.17) is 5.11 Å². The number of hydrogen-bond donors (Lipinski definition) is 2. The Morgan fingerprint density at radius 1 is 1.43 bits per heavy atom. The molecule has 0 spiro atoms. The molecule has 4 nitrogen and oxygen atoms in total. The van der Waals surface area contributed by atoms with E-state index >= 15 is 0 Å². The number of H-pyrrole nitrogens is 1. The first-order chi connectivity index (χ1) is 6.81. The second-order valence-corrected chi connectivity index (χ2v) is 3.23. The van der Waals surface area contributed by atoms with Crippen LogP contribution in [0.25, 0.3) is 5.65 Å². The molecular weight excluding hydrogens is 180 g/mol. The maximum Gasteiger partial charge on any atom is 0.256 e. The van der Waals surface area contributed by atoms with Crippen LogP contribution in [0.1, 0.15) is 12.1 Å². The van der Waals surface area contributed by atoms with E-state index in [1.165, 1.54) is 6.07 Å². The van der Waals surface area contributed by atoms with Crippen molar-refractivity contribution in [3.8, 4) is 0 Å². The van der Waals surface area contributed by atoms with Crippen LogP contribution in [0.4, 0.5) is 0 Å². The Bertz CT molecular complexity index is 484. The molecule has 2 aromatic rings. The van der Waals surface area contributed by atoms with Crippen LogP contribution in [0.5, 0.6) is 0 Å². The van der Waals surface area contributed by atoms with Gasteiger partial charge in [0.1, 0.15) is 5.65 Å². The molecule has 0 aliphatic heterocycles. The predicted octanol–water partition coefficient (Wildman–Crippen LogP) is 0.552. The van der Waals surface area contributed by atoms with Crippen molar-refractivity contribution in [2.45, 2.75) is 12.8 Å². The fourth-order valence-corrected chi connectivity index (χ4v) is 1.49. The molecule has 0 fully saturated rings. The van der Waals surface area contributed by atoms with Crippen molar-refractivity contribution >= 4 is 5.65 Å². The summed E-state index contributed by atoms with van der Waals surface area (Å²) < 4.78 is 1.58. The number of fused-ring (bicyclic) bond motifs is 1. The average Bonchev–Trinajstić information content (AvgIpc) is 2.59. The molecule has 0 aliphatic rings. The molecule has 0 unspecified atom stereocenters. The summed E-state index contributed by atoms with van der Waals surface area (Å²) in [6.45, 7) is 0.171. The summed E-state index contributed by atoms with van der Waals surface area (Å²) in [5.74, 6) is 0. The van der Waals surface area contributed by atoms with Crippen molar-refractivity contribution in [1.82, 2.24) is 9.38 Å². The number of aliphatic hydroxyl groups is 1. The second-order valence-electron chi connectivity index (χ2n) is 3.23. The van der Waals surface area contributed by atoms with Gasteiger partial charge >= 0.3 is 0 Å². The normalized spacial score (nSPS) is 10.9. The molecule has 0 saturated heterocycles. The molecule has 0 atom stereocenters. The van der Waals surface area contributed by atoms with Gasteiger partial charge in [-0.05, 0) is 18.9 Å². The summed E-state index contributed by atoms with van der Waals surface area (Å²) in [6, 6.07) is 5.10. The topological polar surface area (TPSA) is 57.5 Å². The van der Waals surface area contributed by atoms with E-state index in [2.05, 4.69) is 4.98 Å². The fraction of sp³-hybridized carbons (Fsp3) is 0.300. The van der Waals surface area contributed by atoms with Crippen molar-refractivity contribution in [2.24, 2.45) is 0 Å². The van der Waals surface area contributed by atoms with Crippen LogP contribution in [0.15, 0.2) is 29.2 Å². The molecule has 74 valence electrons. The van der Waals surface area contributed by atoms with Crippen LogP contribution < -0.4 is 5.56 Å². The Morgan fingerprint density at radius 3 is 3.00 bits per heavy atom. The third-order valence-electron chi connectivity index (χ3n) is 2.17. The summed E-state index contributed by atoms with van der Waals surface area (Å²) in [6.07, 6.45) is 3.26. The van der Waals surface area contributed by atoms with Gasteiger partial charge in [-0.3, -0.25) is 9.20 Å². The monoisotopic (exact) mass is 192 g/mol. The minimum absolute atomic E-state index is 0.0333. The Balaban J connectivity index is 2.41. The number of hydrogen-bond acceptors (Lipinski definition) is 2. The number of aryl methyl sites for hydroxylation is 1. The molecule has 2 rings (SSSR count). The van der Waals surface area contributed by atoms with E-state index < -0.39 is 0 Å². The third-order valence-corrected chi connectivity index (χ3v) is 2.17. The number of aromatic nitrogens is 2. The van der Waals surface area contributed by atoms with E-state index in [-0.39, 0.29) is 12.2 Å². The van der Waals surface area contributed by atoms with Gasteiger partial charge in [-0.25, -0.2) is 0 Å². The Labute approximate surface area is 80.8 Å². The maximum atomic E-state index is 11.4. The van der Waals surface area contributed by atoms with Gasteiger partial charge in [-0.2, -0.15) is 0 Å². The number of pyridine rings is 1. The minimum atomic E-state index is -0.0333. The molecular formula is C10H12N2O2. The summed E-state index contributed by atoms with van der Waals surface area (Å²) >= 11 is 0. The lowest BCUT2D eigenvalue weighted by molar-refractivity contribution is 0.288. The number of nitrogens with one attached hydrogen (secondary N) is 1. The standard InChI is InChI=1S/C10H12N2O2/c13-6-2-3-8-7-12-9(11-8)4-1-5-10(12)14/h1,4-5,7,11,13H,2-3,6H2. The first-order valence-electron chi connectivity index (χ1n) is 4.61. The second kappa shape index (κ2) is 3.67. The first kappa shape index (κ1) is 9.02. The molecule has 4 heteroatoms. The van der Waals surface area contributed by atoms with Gasteiger partial charge in [-0.1, -0.05) is 6.07 Å². The molecule has 0 bridgehead atoms. The van der Waals surface area contributed by atoms with Crippen molar-refractivity contribution in [2.75, 3.05) is 6.61 Å². The lowest BCUT2D eigenvalue weighted by Crippen LogP contribution is -2.08. The zero-order valence-electron chi connectivity index (χ0n) is 7.73. The van der Waals surface area contributed by atoms with Crippen LogP contribution in [-0.2, 0) is 6.42 Å². The van der Waals surface area contributed by atoms with E-state index in [1.54, 1.807) is 16.7 Å². The molecule has 2 heterocycles. The van der Waals surface area contributed by atoms with Crippen LogP contribution in [0, 0.1) is 0 Å². The van der Waals surface area contributed by atoms with E-state index in [9.17, 15) is 4.79 Å². The Kier molecular flexibility index (Phi) is 2.37. The third kappa shape index (κ3) is 1.56. The van der Waals surface area contributed by atoms with Gasteiger partial charge in [-0.15, -0.1) is 0 Å². The highest BCUT2D eigenvalue weighted by Gasteiger charge is 2.00. The van der Waals surface area contributed by atoms with E-state index in [0.717, 1.165) is 17.8 Å². The minimum Gasteiger partial charge on any atom is -0.396 e. The maximum absolute atomic E-state index is 11.4. The van der Waals surface area contributed by atoms with E-state index in [0.29, 0.717) is 6.42 Å². The number of nitrogens with zero attached hydrogens (tertiary/aromatic N) is 1. The summed E-state index contributed by atoms with van der Waals surface area (Å²) in [7, 11) is 0. The van der Waals surface area contributed by atoms with Crippen molar-refractivity contribution in [3.05, 3.63) is 40.4 Å². The fourth-order valence-electron chi connectivity index (χ4n) is 1.49. The number of aliphatic hydroxyl groups excluding tert-OH is 1. The summed E-state index contributed by atoms with van der Waals surface area (Å²) in [5, 5.41) is 8.67. The molecule has 14 heavy (non-hydrogen) atoms. The first-order valence-corrected chi connectivity index (χ1v) is 4.61. The summed E-state index contributed by atoms with van der Waals surface area (Å²) in [5.41, 5.74) is 1.74. The largest absolute Gasteiger partial charge is 0.396 e. The molecule has 0 aliphatic carbocycles. The van der Waals surface area contributed by atoms with Gasteiger partial charge in [0.05, 0.1) is 0 Å².